The number of hydrogen-bond donors (Lipinski definition) is 0. The summed E-state index contributed by atoms with van der Waals surface area (Å²) in [5.41, 5.74) is 2.06. The van der Waals surface area contributed by atoms with E-state index in [0.29, 0.717) is 12.0 Å². The summed E-state index contributed by atoms with van der Waals surface area (Å²) < 4.78 is 2.11. The van der Waals surface area contributed by atoms with Crippen molar-refractivity contribution in [1.29, 1.82) is 5.26 Å². The second-order valence-electron chi connectivity index (χ2n) is 9.17. The van der Waals surface area contributed by atoms with Crippen molar-refractivity contribution in [3.63, 3.8) is 0 Å². The molecule has 166 valence electrons. The number of nitrogens with zero attached hydrogens (tertiary/aromatic N) is 2. The van der Waals surface area contributed by atoms with Crippen LogP contribution in [0.2, 0.25) is 0 Å². The first kappa shape index (κ1) is 24.5. The van der Waals surface area contributed by atoms with Crippen LogP contribution in [0.4, 0.5) is 0 Å². The van der Waals surface area contributed by atoms with Gasteiger partial charge in [0.2, 0.25) is 0 Å². The summed E-state index contributed by atoms with van der Waals surface area (Å²) in [5, 5.41) is 10.6. The summed E-state index contributed by atoms with van der Waals surface area (Å²) in [6.45, 7) is 6.50. The quantitative estimate of drug-likeness (QED) is 0.317. The van der Waals surface area contributed by atoms with Gasteiger partial charge in [-0.05, 0) is 69.7 Å². The zero-order valence-electron chi connectivity index (χ0n) is 18.8. The highest BCUT2D eigenvalue weighted by atomic mass is 79.9. The molecule has 2 aromatic carbocycles. The van der Waals surface area contributed by atoms with Crippen LogP contribution >= 0.6 is 31.9 Å². The third-order valence-corrected chi connectivity index (χ3v) is 8.21. The smallest absolute Gasteiger partial charge is 0.0872 e. The monoisotopic (exact) mass is 544 g/mol. The molecule has 2 aromatic rings. The lowest BCUT2D eigenvalue weighted by molar-refractivity contribution is 0.186. The molecule has 1 aliphatic carbocycles. The van der Waals surface area contributed by atoms with E-state index < -0.39 is 5.41 Å². The lowest BCUT2D eigenvalue weighted by Gasteiger charge is -2.40. The molecule has 0 spiro atoms. The van der Waals surface area contributed by atoms with Crippen molar-refractivity contribution < 1.29 is 0 Å². The van der Waals surface area contributed by atoms with E-state index >= 15 is 0 Å². The Morgan fingerprint density at radius 3 is 2.23 bits per heavy atom. The molecular formula is C27H34Br2N2. The first-order chi connectivity index (χ1) is 15.0. The lowest BCUT2D eigenvalue weighted by atomic mass is 9.63. The summed E-state index contributed by atoms with van der Waals surface area (Å²) in [4.78, 5) is 2.54. The highest BCUT2D eigenvalue weighted by molar-refractivity contribution is 9.11. The van der Waals surface area contributed by atoms with E-state index in [1.807, 2.05) is 6.07 Å². The van der Waals surface area contributed by atoms with Crippen molar-refractivity contribution in [3.05, 3.63) is 68.6 Å². The zero-order valence-corrected chi connectivity index (χ0v) is 22.0. The first-order valence-corrected chi connectivity index (χ1v) is 13.2. The molecule has 0 radical (unpaired) electrons. The summed E-state index contributed by atoms with van der Waals surface area (Å²) in [6, 6.07) is 20.3. The van der Waals surface area contributed by atoms with Gasteiger partial charge in [0.25, 0.3) is 0 Å². The van der Waals surface area contributed by atoms with Gasteiger partial charge in [0, 0.05) is 27.1 Å². The molecule has 1 fully saturated rings. The molecule has 0 heterocycles. The van der Waals surface area contributed by atoms with Crippen molar-refractivity contribution in [2.45, 2.75) is 76.8 Å². The van der Waals surface area contributed by atoms with Gasteiger partial charge in [0.05, 0.1) is 11.5 Å². The summed E-state index contributed by atoms with van der Waals surface area (Å²) >= 11 is 7.57. The maximum absolute atomic E-state index is 10.6. The van der Waals surface area contributed by atoms with Crippen molar-refractivity contribution in [2.75, 3.05) is 6.54 Å². The number of hydrogen-bond acceptors (Lipinski definition) is 2. The topological polar surface area (TPSA) is 27.0 Å². The minimum atomic E-state index is -0.450. The molecule has 1 saturated carbocycles. The second kappa shape index (κ2) is 11.6. The fourth-order valence-electron chi connectivity index (χ4n) is 5.15. The molecule has 1 aliphatic rings. The van der Waals surface area contributed by atoms with Gasteiger partial charge in [-0.1, -0.05) is 87.5 Å². The Morgan fingerprint density at radius 2 is 1.65 bits per heavy atom. The van der Waals surface area contributed by atoms with Crippen LogP contribution in [-0.2, 0) is 12.0 Å². The molecule has 0 saturated heterocycles. The van der Waals surface area contributed by atoms with Gasteiger partial charge in [0.1, 0.15) is 0 Å². The van der Waals surface area contributed by atoms with Crippen molar-refractivity contribution in [1.82, 2.24) is 4.90 Å². The molecule has 2 nitrogen and oxygen atoms in total. The molecule has 0 amide bonds. The maximum Gasteiger partial charge on any atom is 0.0872 e. The zero-order chi connectivity index (χ0) is 22.3. The van der Waals surface area contributed by atoms with E-state index in [-0.39, 0.29) is 0 Å². The van der Waals surface area contributed by atoms with Crippen LogP contribution in [0, 0.1) is 17.2 Å². The standard InChI is InChI=1S/C27H34Br2N2/c1-21(2)31(19-22-11-5-3-6-12-22)18-10-17-27(20-30,23-13-7-4-8-14-23)26-24(28)15-9-16-25(26)29/h3,5-6,9,11-12,15-16,21,23H,4,7-8,10,13-14,17-19H2,1-2H3. The predicted octanol–water partition coefficient (Wildman–Crippen LogP) is 8.24. The highest BCUT2D eigenvalue weighted by Crippen LogP contribution is 2.48. The van der Waals surface area contributed by atoms with Crippen LogP contribution in [0.5, 0.6) is 0 Å². The molecule has 3 rings (SSSR count). The van der Waals surface area contributed by atoms with Crippen molar-refractivity contribution in [2.24, 2.45) is 5.92 Å². The van der Waals surface area contributed by atoms with Crippen LogP contribution in [-0.4, -0.2) is 17.5 Å². The van der Waals surface area contributed by atoms with E-state index in [0.717, 1.165) is 53.3 Å². The Hall–Kier alpha value is -1.15. The molecule has 0 aliphatic heterocycles. The van der Waals surface area contributed by atoms with E-state index in [9.17, 15) is 5.26 Å². The van der Waals surface area contributed by atoms with Crippen LogP contribution in [0.25, 0.3) is 0 Å². The van der Waals surface area contributed by atoms with Gasteiger partial charge < -0.3 is 0 Å². The Balaban J connectivity index is 1.82. The number of rotatable bonds is 9. The third kappa shape index (κ3) is 6.01. The average Bonchev–Trinajstić information content (AvgIpc) is 2.78. The van der Waals surface area contributed by atoms with E-state index in [2.05, 4.69) is 99.1 Å². The Kier molecular flexibility index (Phi) is 9.19. The van der Waals surface area contributed by atoms with Gasteiger partial charge >= 0.3 is 0 Å². The summed E-state index contributed by atoms with van der Waals surface area (Å²) in [5.74, 6) is 0.419. The normalized spacial score (nSPS) is 16.9. The number of nitriles is 1. The number of halogens is 2. The van der Waals surface area contributed by atoms with Gasteiger partial charge in [-0.25, -0.2) is 0 Å². The summed E-state index contributed by atoms with van der Waals surface area (Å²) in [7, 11) is 0. The van der Waals surface area contributed by atoms with E-state index in [1.54, 1.807) is 0 Å². The largest absolute Gasteiger partial charge is 0.297 e. The van der Waals surface area contributed by atoms with Crippen LogP contribution in [0.15, 0.2) is 57.5 Å². The van der Waals surface area contributed by atoms with Gasteiger partial charge in [0.15, 0.2) is 0 Å². The van der Waals surface area contributed by atoms with Crippen molar-refractivity contribution in [3.8, 4) is 6.07 Å². The fraction of sp³-hybridized carbons (Fsp3) is 0.519. The molecule has 4 heteroatoms. The first-order valence-electron chi connectivity index (χ1n) is 11.6. The third-order valence-electron chi connectivity index (χ3n) is 6.89. The van der Waals surface area contributed by atoms with E-state index in [4.69, 9.17) is 0 Å². The highest BCUT2D eigenvalue weighted by Gasteiger charge is 2.43. The summed E-state index contributed by atoms with van der Waals surface area (Å²) in [6.07, 6.45) is 7.99. The fourth-order valence-corrected chi connectivity index (χ4v) is 6.86. The molecule has 1 unspecified atom stereocenters. The molecule has 0 aromatic heterocycles. The maximum atomic E-state index is 10.6. The molecular weight excluding hydrogens is 512 g/mol. The Morgan fingerprint density at radius 1 is 1.00 bits per heavy atom. The van der Waals surface area contributed by atoms with Crippen LogP contribution in [0.1, 0.15) is 69.9 Å². The predicted molar refractivity (Wildman–Crippen MR) is 137 cm³/mol. The lowest BCUT2D eigenvalue weighted by Crippen LogP contribution is -2.38. The van der Waals surface area contributed by atoms with Gasteiger partial charge in [-0.2, -0.15) is 5.26 Å². The molecule has 31 heavy (non-hydrogen) atoms. The molecule has 0 N–H and O–H groups in total. The van der Waals surface area contributed by atoms with Crippen molar-refractivity contribution >= 4 is 31.9 Å². The number of benzene rings is 2. The molecule has 1 atom stereocenters. The minimum Gasteiger partial charge on any atom is -0.297 e. The van der Waals surface area contributed by atoms with Crippen LogP contribution in [0.3, 0.4) is 0 Å². The Bertz CT molecular complexity index is 848. The van der Waals surface area contributed by atoms with Gasteiger partial charge in [-0.3, -0.25) is 4.90 Å². The van der Waals surface area contributed by atoms with Crippen LogP contribution < -0.4 is 0 Å². The SMILES string of the molecule is CC(C)N(CCCC(C#N)(c1c(Br)cccc1Br)C1CCCCC1)Cc1ccccc1. The van der Waals surface area contributed by atoms with E-state index in [1.165, 1.54) is 24.8 Å². The Labute approximate surface area is 205 Å². The average molecular weight is 546 g/mol. The minimum absolute atomic E-state index is 0.419. The molecule has 0 bridgehead atoms. The second-order valence-corrected chi connectivity index (χ2v) is 10.9. The van der Waals surface area contributed by atoms with Gasteiger partial charge in [-0.15, -0.1) is 0 Å².